The third-order valence-electron chi connectivity index (χ3n) is 2.47. The molecule has 1 heterocycles. The molecule has 0 spiro atoms. The third-order valence-corrected chi connectivity index (χ3v) is 2.47. The largest absolute Gasteiger partial charge is 0.387 e. The standard InChI is InChI=1S/C10H12N2O/c1-6-3-4-8(11-2)9-7(6)5-12-10(9)13/h3-4,11H,5H2,1-2H3,(H,12,13). The van der Waals surface area contributed by atoms with Crippen LogP contribution in [0.4, 0.5) is 5.69 Å². The highest BCUT2D eigenvalue weighted by atomic mass is 16.1. The van der Waals surface area contributed by atoms with Gasteiger partial charge < -0.3 is 10.6 Å². The molecule has 1 aromatic rings. The molecular weight excluding hydrogens is 164 g/mol. The molecule has 13 heavy (non-hydrogen) atoms. The zero-order valence-corrected chi connectivity index (χ0v) is 7.77. The van der Waals surface area contributed by atoms with Crippen molar-refractivity contribution in [1.82, 2.24) is 5.32 Å². The van der Waals surface area contributed by atoms with Crippen molar-refractivity contribution >= 4 is 11.6 Å². The lowest BCUT2D eigenvalue weighted by Gasteiger charge is -2.07. The lowest BCUT2D eigenvalue weighted by atomic mass is 10.0. The van der Waals surface area contributed by atoms with Gasteiger partial charge in [0.25, 0.3) is 5.91 Å². The summed E-state index contributed by atoms with van der Waals surface area (Å²) >= 11 is 0. The molecule has 1 amide bonds. The number of hydrogen-bond donors (Lipinski definition) is 2. The minimum atomic E-state index is 0.0306. The van der Waals surface area contributed by atoms with E-state index in [1.165, 1.54) is 5.56 Å². The van der Waals surface area contributed by atoms with Crippen molar-refractivity contribution in [2.75, 3.05) is 12.4 Å². The van der Waals surface area contributed by atoms with Gasteiger partial charge in [0.15, 0.2) is 0 Å². The van der Waals surface area contributed by atoms with Crippen LogP contribution in [0.3, 0.4) is 0 Å². The number of fused-ring (bicyclic) bond motifs is 1. The molecule has 1 aliphatic heterocycles. The highest BCUT2D eigenvalue weighted by Gasteiger charge is 2.23. The number of rotatable bonds is 1. The number of aryl methyl sites for hydroxylation is 1. The molecule has 0 aromatic heterocycles. The van der Waals surface area contributed by atoms with E-state index in [-0.39, 0.29) is 5.91 Å². The Morgan fingerprint density at radius 2 is 2.23 bits per heavy atom. The predicted molar refractivity (Wildman–Crippen MR) is 51.9 cm³/mol. The second kappa shape index (κ2) is 2.76. The monoisotopic (exact) mass is 176 g/mol. The van der Waals surface area contributed by atoms with Crippen LogP contribution in [-0.4, -0.2) is 13.0 Å². The van der Waals surface area contributed by atoms with E-state index in [0.717, 1.165) is 16.8 Å². The van der Waals surface area contributed by atoms with E-state index in [1.54, 1.807) is 0 Å². The lowest BCUT2D eigenvalue weighted by Crippen LogP contribution is -2.13. The summed E-state index contributed by atoms with van der Waals surface area (Å²) in [5, 5.41) is 5.85. The van der Waals surface area contributed by atoms with Gasteiger partial charge in [0.05, 0.1) is 5.56 Å². The smallest absolute Gasteiger partial charge is 0.254 e. The SMILES string of the molecule is CNc1ccc(C)c2c1C(=O)NC2. The zero-order valence-electron chi connectivity index (χ0n) is 7.77. The van der Waals surface area contributed by atoms with Crippen molar-refractivity contribution in [3.8, 4) is 0 Å². The van der Waals surface area contributed by atoms with Crippen LogP contribution < -0.4 is 10.6 Å². The Hall–Kier alpha value is -1.51. The van der Waals surface area contributed by atoms with Gasteiger partial charge in [0.2, 0.25) is 0 Å². The van der Waals surface area contributed by atoms with E-state index in [4.69, 9.17) is 0 Å². The number of amides is 1. The summed E-state index contributed by atoms with van der Waals surface area (Å²) in [4.78, 5) is 11.4. The number of benzene rings is 1. The Kier molecular flexibility index (Phi) is 1.72. The summed E-state index contributed by atoms with van der Waals surface area (Å²) in [5.74, 6) is 0.0306. The summed E-state index contributed by atoms with van der Waals surface area (Å²) in [6.07, 6.45) is 0. The molecule has 68 valence electrons. The number of anilines is 1. The van der Waals surface area contributed by atoms with Gasteiger partial charge >= 0.3 is 0 Å². The Bertz CT molecular complexity index is 371. The minimum absolute atomic E-state index is 0.0306. The van der Waals surface area contributed by atoms with Crippen LogP contribution in [0.2, 0.25) is 0 Å². The van der Waals surface area contributed by atoms with Gasteiger partial charge in [-0.1, -0.05) is 6.07 Å². The zero-order chi connectivity index (χ0) is 9.42. The maximum absolute atomic E-state index is 11.4. The molecule has 1 aliphatic rings. The van der Waals surface area contributed by atoms with E-state index >= 15 is 0 Å². The number of carbonyl (C=O) groups is 1. The molecule has 0 unspecified atom stereocenters. The van der Waals surface area contributed by atoms with Gasteiger partial charge in [-0.25, -0.2) is 0 Å². The van der Waals surface area contributed by atoms with E-state index < -0.39 is 0 Å². The first-order valence-corrected chi connectivity index (χ1v) is 4.32. The molecule has 1 aromatic carbocycles. The molecule has 0 radical (unpaired) electrons. The normalized spacial score (nSPS) is 13.8. The van der Waals surface area contributed by atoms with Crippen LogP contribution in [0.1, 0.15) is 21.5 Å². The molecule has 0 bridgehead atoms. The van der Waals surface area contributed by atoms with Crippen molar-refractivity contribution in [3.05, 3.63) is 28.8 Å². The van der Waals surface area contributed by atoms with E-state index in [1.807, 2.05) is 26.1 Å². The van der Waals surface area contributed by atoms with Crippen molar-refractivity contribution in [1.29, 1.82) is 0 Å². The molecule has 3 heteroatoms. The molecule has 2 rings (SSSR count). The molecule has 0 fully saturated rings. The van der Waals surface area contributed by atoms with Gasteiger partial charge in [-0.05, 0) is 24.1 Å². The van der Waals surface area contributed by atoms with Gasteiger partial charge in [0.1, 0.15) is 0 Å². The quantitative estimate of drug-likeness (QED) is 0.676. The highest BCUT2D eigenvalue weighted by molar-refractivity contribution is 6.03. The summed E-state index contributed by atoms with van der Waals surface area (Å²) in [7, 11) is 1.83. The third kappa shape index (κ3) is 1.08. The lowest BCUT2D eigenvalue weighted by molar-refractivity contribution is 0.0966. The fraction of sp³-hybridized carbons (Fsp3) is 0.300. The molecular formula is C10H12N2O. The summed E-state index contributed by atoms with van der Waals surface area (Å²) in [6, 6.07) is 3.98. The first-order chi connectivity index (χ1) is 6.24. The molecule has 3 nitrogen and oxygen atoms in total. The first-order valence-electron chi connectivity index (χ1n) is 4.32. The number of hydrogen-bond acceptors (Lipinski definition) is 2. The topological polar surface area (TPSA) is 41.1 Å². The van der Waals surface area contributed by atoms with Crippen LogP contribution in [0.5, 0.6) is 0 Å². The Morgan fingerprint density at radius 1 is 1.46 bits per heavy atom. The maximum Gasteiger partial charge on any atom is 0.254 e. The highest BCUT2D eigenvalue weighted by Crippen LogP contribution is 2.26. The molecule has 2 N–H and O–H groups in total. The van der Waals surface area contributed by atoms with Gasteiger partial charge in [-0.2, -0.15) is 0 Å². The average Bonchev–Trinajstić information content (AvgIpc) is 2.51. The second-order valence-electron chi connectivity index (χ2n) is 3.22. The van der Waals surface area contributed by atoms with Crippen LogP contribution in [0.25, 0.3) is 0 Å². The van der Waals surface area contributed by atoms with Crippen LogP contribution in [0.15, 0.2) is 12.1 Å². The van der Waals surface area contributed by atoms with Crippen molar-refractivity contribution in [2.45, 2.75) is 13.5 Å². The van der Waals surface area contributed by atoms with Gasteiger partial charge in [0, 0.05) is 19.3 Å². The predicted octanol–water partition coefficient (Wildman–Crippen LogP) is 1.28. The fourth-order valence-corrected chi connectivity index (χ4v) is 1.70. The van der Waals surface area contributed by atoms with Crippen LogP contribution in [0, 0.1) is 6.92 Å². The van der Waals surface area contributed by atoms with E-state index in [0.29, 0.717) is 6.54 Å². The Morgan fingerprint density at radius 3 is 2.92 bits per heavy atom. The summed E-state index contributed by atoms with van der Waals surface area (Å²) < 4.78 is 0. The number of nitrogens with one attached hydrogen (secondary N) is 2. The van der Waals surface area contributed by atoms with Crippen molar-refractivity contribution in [2.24, 2.45) is 0 Å². The fourth-order valence-electron chi connectivity index (χ4n) is 1.70. The minimum Gasteiger partial charge on any atom is -0.387 e. The molecule has 0 saturated carbocycles. The van der Waals surface area contributed by atoms with Gasteiger partial charge in [-0.15, -0.1) is 0 Å². The van der Waals surface area contributed by atoms with Crippen molar-refractivity contribution in [3.63, 3.8) is 0 Å². The first kappa shape index (κ1) is 8.10. The van der Waals surface area contributed by atoms with Crippen LogP contribution >= 0.6 is 0 Å². The Labute approximate surface area is 77.1 Å². The van der Waals surface area contributed by atoms with E-state index in [9.17, 15) is 4.79 Å². The maximum atomic E-state index is 11.4. The summed E-state index contributed by atoms with van der Waals surface area (Å²) in [5.41, 5.74) is 4.02. The van der Waals surface area contributed by atoms with Gasteiger partial charge in [-0.3, -0.25) is 4.79 Å². The number of carbonyl (C=O) groups excluding carboxylic acids is 1. The van der Waals surface area contributed by atoms with E-state index in [2.05, 4.69) is 10.6 Å². The Balaban J connectivity index is 2.66. The molecule has 0 saturated heterocycles. The van der Waals surface area contributed by atoms with Crippen LogP contribution in [-0.2, 0) is 6.54 Å². The van der Waals surface area contributed by atoms with Crippen molar-refractivity contribution < 1.29 is 4.79 Å². The molecule has 0 atom stereocenters. The molecule has 0 aliphatic carbocycles. The second-order valence-corrected chi connectivity index (χ2v) is 3.22. The average molecular weight is 176 g/mol. The summed E-state index contributed by atoms with van der Waals surface area (Å²) in [6.45, 7) is 2.69.